The van der Waals surface area contributed by atoms with Crippen molar-refractivity contribution in [3.05, 3.63) is 99.3 Å². The van der Waals surface area contributed by atoms with Gasteiger partial charge in [-0.15, -0.1) is 0 Å². The number of para-hydroxylation sites is 1. The molecule has 4 aromatic rings. The molecule has 178 valence electrons. The van der Waals surface area contributed by atoms with E-state index in [1.807, 2.05) is 43.3 Å². The predicted octanol–water partition coefficient (Wildman–Crippen LogP) is 6.40. The van der Waals surface area contributed by atoms with Crippen molar-refractivity contribution in [2.24, 2.45) is 0 Å². The number of anilines is 1. The number of aromatic nitrogens is 1. The Morgan fingerprint density at radius 2 is 2.00 bits per heavy atom. The van der Waals surface area contributed by atoms with Crippen molar-refractivity contribution in [3.8, 4) is 5.75 Å². The van der Waals surface area contributed by atoms with E-state index in [1.54, 1.807) is 37.4 Å². The Balaban J connectivity index is 1.47. The molecule has 2 N–H and O–H groups in total. The summed E-state index contributed by atoms with van der Waals surface area (Å²) in [5.41, 5.74) is 4.20. The highest BCUT2D eigenvalue weighted by molar-refractivity contribution is 8.05. The monoisotopic (exact) mass is 507 g/mol. The lowest BCUT2D eigenvalue weighted by Gasteiger charge is -2.15. The van der Waals surface area contributed by atoms with Gasteiger partial charge in [-0.05, 0) is 55.0 Å². The first-order valence-corrected chi connectivity index (χ1v) is 12.3. The van der Waals surface area contributed by atoms with Gasteiger partial charge in [0.15, 0.2) is 5.50 Å². The van der Waals surface area contributed by atoms with E-state index in [1.165, 1.54) is 17.8 Å². The molecule has 0 spiro atoms. The van der Waals surface area contributed by atoms with Crippen molar-refractivity contribution >= 4 is 51.9 Å². The van der Waals surface area contributed by atoms with Gasteiger partial charge in [0.2, 0.25) is 0 Å². The van der Waals surface area contributed by atoms with E-state index in [4.69, 9.17) is 16.3 Å². The Labute approximate surface area is 211 Å². The fourth-order valence-electron chi connectivity index (χ4n) is 4.29. The largest absolute Gasteiger partial charge is 0.495 e. The molecule has 1 saturated heterocycles. The van der Waals surface area contributed by atoms with Gasteiger partial charge in [0.1, 0.15) is 11.6 Å². The smallest absolute Gasteiger partial charge is 0.260 e. The first kappa shape index (κ1) is 23.3. The van der Waals surface area contributed by atoms with Crippen LogP contribution >= 0.6 is 23.4 Å². The molecule has 8 heteroatoms. The number of fused-ring (bicyclic) bond motifs is 1. The molecule has 0 bridgehead atoms. The first-order valence-electron chi connectivity index (χ1n) is 11.0. The zero-order chi connectivity index (χ0) is 24.5. The molecule has 0 radical (unpaired) electrons. The molecule has 1 amide bonds. The van der Waals surface area contributed by atoms with E-state index in [2.05, 4.69) is 15.2 Å². The third-order valence-corrected chi connectivity index (χ3v) is 7.23. The van der Waals surface area contributed by atoms with Crippen LogP contribution in [0.1, 0.15) is 16.8 Å². The highest BCUT2D eigenvalue weighted by Gasteiger charge is 2.28. The number of hydrogen-bond acceptors (Lipinski definition) is 4. The average Bonchev–Trinajstić information content (AvgIpc) is 3.31. The van der Waals surface area contributed by atoms with Crippen molar-refractivity contribution in [1.29, 1.82) is 0 Å². The van der Waals surface area contributed by atoms with Crippen LogP contribution in [0.15, 0.2) is 71.6 Å². The van der Waals surface area contributed by atoms with Crippen LogP contribution in [0.3, 0.4) is 0 Å². The van der Waals surface area contributed by atoms with Crippen LogP contribution in [-0.4, -0.2) is 23.1 Å². The molecule has 1 aromatic heterocycles. The molecule has 5 nitrogen and oxygen atoms in total. The molecular weight excluding hydrogens is 485 g/mol. The van der Waals surface area contributed by atoms with Gasteiger partial charge in [0.05, 0.1) is 17.7 Å². The van der Waals surface area contributed by atoms with Crippen LogP contribution in [0.2, 0.25) is 5.02 Å². The van der Waals surface area contributed by atoms with Crippen LogP contribution in [-0.2, 0) is 11.3 Å². The van der Waals surface area contributed by atoms with Crippen LogP contribution in [0.4, 0.5) is 10.1 Å². The summed E-state index contributed by atoms with van der Waals surface area (Å²) in [5, 5.41) is 7.85. The van der Waals surface area contributed by atoms with Crippen molar-refractivity contribution < 1.29 is 13.9 Å². The summed E-state index contributed by atoms with van der Waals surface area (Å²) in [4.78, 5) is 13.4. The number of halogens is 2. The van der Waals surface area contributed by atoms with E-state index >= 15 is 0 Å². The highest BCUT2D eigenvalue weighted by atomic mass is 35.5. The maximum Gasteiger partial charge on any atom is 0.260 e. The molecule has 0 saturated carbocycles. The lowest BCUT2D eigenvalue weighted by atomic mass is 10.1. The lowest BCUT2D eigenvalue weighted by molar-refractivity contribution is -0.116. The van der Waals surface area contributed by atoms with Crippen LogP contribution in [0, 0.1) is 12.7 Å². The summed E-state index contributed by atoms with van der Waals surface area (Å²) in [7, 11) is 1.59. The Hall–Kier alpha value is -3.42. The van der Waals surface area contributed by atoms with Crippen molar-refractivity contribution in [3.63, 3.8) is 0 Å². The minimum Gasteiger partial charge on any atom is -0.495 e. The van der Waals surface area contributed by atoms with Crippen LogP contribution in [0.25, 0.3) is 17.0 Å². The molecule has 5 rings (SSSR count). The normalized spacial score (nSPS) is 16.6. The number of nitrogens with zero attached hydrogens (tertiary/aromatic N) is 1. The summed E-state index contributed by atoms with van der Waals surface area (Å²) in [6, 6.07) is 20.0. The molecule has 1 aliphatic heterocycles. The van der Waals surface area contributed by atoms with Gasteiger partial charge in [-0.3, -0.25) is 4.79 Å². The number of amides is 1. The van der Waals surface area contributed by atoms with E-state index in [9.17, 15) is 9.18 Å². The summed E-state index contributed by atoms with van der Waals surface area (Å²) >= 11 is 7.54. The maximum absolute atomic E-state index is 13.8. The Morgan fingerprint density at radius 1 is 1.17 bits per heavy atom. The van der Waals surface area contributed by atoms with E-state index in [0.29, 0.717) is 27.9 Å². The van der Waals surface area contributed by atoms with Gasteiger partial charge >= 0.3 is 0 Å². The van der Waals surface area contributed by atoms with E-state index in [0.717, 1.165) is 27.7 Å². The second-order valence-electron chi connectivity index (χ2n) is 8.20. The SMILES string of the molecule is COc1ccc(Cl)cc1NC1NC(=O)/C(=C/c2c(C)n(Cc3cccc(F)c3)c3ccccc23)S1. The number of rotatable bonds is 6. The molecule has 1 atom stereocenters. The summed E-state index contributed by atoms with van der Waals surface area (Å²) in [6.45, 7) is 2.56. The molecule has 3 aromatic carbocycles. The summed E-state index contributed by atoms with van der Waals surface area (Å²) < 4.78 is 21.3. The minimum atomic E-state index is -0.373. The number of hydrogen-bond donors (Lipinski definition) is 2. The molecule has 2 heterocycles. The van der Waals surface area contributed by atoms with Gasteiger partial charge in [-0.25, -0.2) is 4.39 Å². The van der Waals surface area contributed by atoms with Crippen LogP contribution in [0.5, 0.6) is 5.75 Å². The number of ether oxygens (including phenoxy) is 1. The van der Waals surface area contributed by atoms with Crippen LogP contribution < -0.4 is 15.4 Å². The van der Waals surface area contributed by atoms with Crippen molar-refractivity contribution in [2.75, 3.05) is 12.4 Å². The van der Waals surface area contributed by atoms with Crippen molar-refractivity contribution in [2.45, 2.75) is 19.0 Å². The summed E-state index contributed by atoms with van der Waals surface area (Å²) in [5.74, 6) is 0.223. The first-order chi connectivity index (χ1) is 16.9. The Morgan fingerprint density at radius 3 is 2.80 bits per heavy atom. The van der Waals surface area contributed by atoms with Gasteiger partial charge in [0, 0.05) is 33.7 Å². The molecule has 1 unspecified atom stereocenters. The maximum atomic E-state index is 13.8. The standard InChI is InChI=1S/C27H23ClFN3O2S/c1-16-21(20-8-3-4-9-23(20)32(16)15-17-6-5-7-19(29)12-17)14-25-26(33)31-27(35-25)30-22-13-18(28)10-11-24(22)34-2/h3-14,27,30H,15H2,1-2H3,(H,31,33)/b25-14-. The number of thioether (sulfide) groups is 1. The third-order valence-electron chi connectivity index (χ3n) is 5.96. The quantitative estimate of drug-likeness (QED) is 0.296. The molecular formula is C27H23ClFN3O2S. The zero-order valence-corrected chi connectivity index (χ0v) is 20.7. The Kier molecular flexibility index (Phi) is 6.45. The third kappa shape index (κ3) is 4.74. The number of carbonyl (C=O) groups is 1. The van der Waals surface area contributed by atoms with Gasteiger partial charge < -0.3 is 19.9 Å². The zero-order valence-electron chi connectivity index (χ0n) is 19.1. The predicted molar refractivity (Wildman–Crippen MR) is 141 cm³/mol. The second-order valence-corrected chi connectivity index (χ2v) is 9.78. The molecule has 1 aliphatic rings. The lowest BCUT2D eigenvalue weighted by Crippen LogP contribution is -2.31. The Bertz CT molecular complexity index is 1470. The fraction of sp³-hybridized carbons (Fsp3) is 0.148. The number of nitrogens with one attached hydrogen (secondary N) is 2. The van der Waals surface area contributed by atoms with Crippen molar-refractivity contribution in [1.82, 2.24) is 9.88 Å². The fourth-order valence-corrected chi connectivity index (χ4v) is 5.42. The second kappa shape index (κ2) is 9.68. The number of benzene rings is 3. The topological polar surface area (TPSA) is 55.3 Å². The highest BCUT2D eigenvalue weighted by Crippen LogP contribution is 2.36. The van der Waals surface area contributed by atoms with Gasteiger partial charge in [0.25, 0.3) is 5.91 Å². The van der Waals surface area contributed by atoms with Gasteiger partial charge in [-0.2, -0.15) is 0 Å². The number of carbonyl (C=O) groups excluding carboxylic acids is 1. The molecule has 0 aliphatic carbocycles. The summed E-state index contributed by atoms with van der Waals surface area (Å²) in [6.07, 6.45) is 1.93. The van der Waals surface area contributed by atoms with Gasteiger partial charge in [-0.1, -0.05) is 53.7 Å². The number of methoxy groups -OCH3 is 1. The molecule has 1 fully saturated rings. The minimum absolute atomic E-state index is 0.158. The average molecular weight is 508 g/mol. The molecule has 35 heavy (non-hydrogen) atoms. The van der Waals surface area contributed by atoms with E-state index < -0.39 is 0 Å². The van der Waals surface area contributed by atoms with E-state index in [-0.39, 0.29) is 17.2 Å².